The molecule has 0 spiro atoms. The van der Waals surface area contributed by atoms with Crippen LogP contribution in [0.3, 0.4) is 0 Å². The number of unbranched alkanes of at least 4 members (excludes halogenated alkanes) is 5. The maximum atomic E-state index is 9.71. The lowest BCUT2D eigenvalue weighted by Crippen LogP contribution is -2.42. The largest absolute Gasteiger partial charge is 0.394 e. The zero-order valence-electron chi connectivity index (χ0n) is 12.1. The van der Waals surface area contributed by atoms with Gasteiger partial charge < -0.3 is 24.8 Å². The average Bonchev–Trinajstić information content (AvgIpc) is 2.78. The fourth-order valence-electron chi connectivity index (χ4n) is 2.36. The Morgan fingerprint density at radius 3 is 2.50 bits per heavy atom. The van der Waals surface area contributed by atoms with E-state index in [1.54, 1.807) is 0 Å². The van der Waals surface area contributed by atoms with E-state index < -0.39 is 24.4 Å². The lowest BCUT2D eigenvalue weighted by molar-refractivity contribution is -0.101. The molecule has 1 aliphatic rings. The van der Waals surface area contributed by atoms with Crippen LogP contribution >= 0.6 is 0 Å². The van der Waals surface area contributed by atoms with Crippen molar-refractivity contribution < 1.29 is 24.8 Å². The molecule has 0 saturated carbocycles. The first-order valence-corrected chi connectivity index (χ1v) is 7.51. The van der Waals surface area contributed by atoms with E-state index in [0.717, 1.165) is 19.3 Å². The van der Waals surface area contributed by atoms with Gasteiger partial charge in [0.25, 0.3) is 0 Å². The molecule has 0 aliphatic carbocycles. The van der Waals surface area contributed by atoms with Crippen LogP contribution in [-0.2, 0) is 9.47 Å². The minimum Gasteiger partial charge on any atom is -0.394 e. The van der Waals surface area contributed by atoms with Crippen molar-refractivity contribution in [3.63, 3.8) is 0 Å². The molecule has 0 aromatic rings. The van der Waals surface area contributed by atoms with E-state index >= 15 is 0 Å². The van der Waals surface area contributed by atoms with Crippen molar-refractivity contribution in [2.75, 3.05) is 19.8 Å². The van der Waals surface area contributed by atoms with Crippen molar-refractivity contribution in [2.24, 2.45) is 0 Å². The van der Waals surface area contributed by atoms with Gasteiger partial charge in [-0.15, -0.1) is 6.58 Å². The van der Waals surface area contributed by atoms with Crippen molar-refractivity contribution in [1.82, 2.24) is 0 Å². The summed E-state index contributed by atoms with van der Waals surface area (Å²) in [5.41, 5.74) is 0. The van der Waals surface area contributed by atoms with Crippen molar-refractivity contribution in [3.05, 3.63) is 12.7 Å². The molecule has 1 saturated heterocycles. The molecule has 118 valence electrons. The quantitative estimate of drug-likeness (QED) is 0.391. The third-order valence-corrected chi connectivity index (χ3v) is 3.62. The Morgan fingerprint density at radius 1 is 1.20 bits per heavy atom. The molecule has 0 bridgehead atoms. The SMILES string of the molecule is C=CCCCCCCCO[C@@H](CO)[C@@H]1OC[C@@H](O)[C@@H]1O. The van der Waals surface area contributed by atoms with Gasteiger partial charge in [-0.25, -0.2) is 0 Å². The molecular formula is C15H28O5. The van der Waals surface area contributed by atoms with Crippen LogP contribution in [0.2, 0.25) is 0 Å². The number of ether oxygens (including phenoxy) is 2. The minimum absolute atomic E-state index is 0.0923. The molecule has 0 radical (unpaired) electrons. The second-order valence-electron chi connectivity index (χ2n) is 5.29. The fraction of sp³-hybridized carbons (Fsp3) is 0.867. The molecule has 4 atom stereocenters. The van der Waals surface area contributed by atoms with Crippen LogP contribution in [-0.4, -0.2) is 59.6 Å². The Hall–Kier alpha value is -0.460. The summed E-state index contributed by atoms with van der Waals surface area (Å²) in [7, 11) is 0. The number of allylic oxidation sites excluding steroid dienone is 1. The molecule has 3 N–H and O–H groups in total. The van der Waals surface area contributed by atoms with E-state index in [-0.39, 0.29) is 13.2 Å². The lowest BCUT2D eigenvalue weighted by Gasteiger charge is -2.24. The van der Waals surface area contributed by atoms with Crippen LogP contribution in [0.15, 0.2) is 12.7 Å². The van der Waals surface area contributed by atoms with Gasteiger partial charge in [-0.1, -0.05) is 25.3 Å². The molecule has 0 amide bonds. The highest BCUT2D eigenvalue weighted by molar-refractivity contribution is 4.88. The highest BCUT2D eigenvalue weighted by atomic mass is 16.6. The van der Waals surface area contributed by atoms with Gasteiger partial charge in [0.1, 0.15) is 24.4 Å². The highest BCUT2D eigenvalue weighted by Crippen LogP contribution is 2.19. The third-order valence-electron chi connectivity index (χ3n) is 3.62. The van der Waals surface area contributed by atoms with Crippen molar-refractivity contribution >= 4 is 0 Å². The molecule has 5 heteroatoms. The summed E-state index contributed by atoms with van der Waals surface area (Å²) in [6, 6.07) is 0. The topological polar surface area (TPSA) is 79.2 Å². The van der Waals surface area contributed by atoms with E-state index in [9.17, 15) is 15.3 Å². The van der Waals surface area contributed by atoms with Gasteiger partial charge in [0.2, 0.25) is 0 Å². The molecule has 0 unspecified atom stereocenters. The smallest absolute Gasteiger partial charge is 0.114 e. The Morgan fingerprint density at radius 2 is 1.90 bits per heavy atom. The van der Waals surface area contributed by atoms with Crippen LogP contribution in [0.25, 0.3) is 0 Å². The normalized spacial score (nSPS) is 27.6. The van der Waals surface area contributed by atoms with Gasteiger partial charge >= 0.3 is 0 Å². The van der Waals surface area contributed by atoms with E-state index in [1.165, 1.54) is 19.3 Å². The summed E-state index contributed by atoms with van der Waals surface area (Å²) >= 11 is 0. The fourth-order valence-corrected chi connectivity index (χ4v) is 2.36. The third kappa shape index (κ3) is 5.89. The lowest BCUT2D eigenvalue weighted by atomic mass is 10.1. The summed E-state index contributed by atoms with van der Waals surface area (Å²) in [6.07, 6.45) is 5.51. The molecule has 1 heterocycles. The van der Waals surface area contributed by atoms with Crippen molar-refractivity contribution in [2.45, 2.75) is 62.9 Å². The van der Waals surface area contributed by atoms with Gasteiger partial charge in [-0.05, 0) is 19.3 Å². The zero-order chi connectivity index (χ0) is 14.8. The first-order chi connectivity index (χ1) is 9.70. The van der Waals surface area contributed by atoms with Gasteiger partial charge in [-0.2, -0.15) is 0 Å². The first-order valence-electron chi connectivity index (χ1n) is 7.51. The number of hydrogen-bond acceptors (Lipinski definition) is 5. The van der Waals surface area contributed by atoms with Crippen LogP contribution in [0.1, 0.15) is 38.5 Å². The maximum absolute atomic E-state index is 9.71. The molecule has 0 aromatic carbocycles. The summed E-state index contributed by atoms with van der Waals surface area (Å²) in [4.78, 5) is 0. The van der Waals surface area contributed by atoms with Crippen molar-refractivity contribution in [1.29, 1.82) is 0 Å². The van der Waals surface area contributed by atoms with Crippen LogP contribution in [0.4, 0.5) is 0 Å². The Balaban J connectivity index is 2.08. The molecule has 1 aliphatic heterocycles. The van der Waals surface area contributed by atoms with E-state index in [4.69, 9.17) is 9.47 Å². The van der Waals surface area contributed by atoms with Crippen molar-refractivity contribution in [3.8, 4) is 0 Å². The molecule has 5 nitrogen and oxygen atoms in total. The standard InChI is InChI=1S/C15H28O5/c1-2-3-4-5-6-7-8-9-19-13(10-16)15-14(18)12(17)11-20-15/h2,12-18H,1,3-11H2/t12-,13+,14+,15+/m1/s1. The Bertz CT molecular complexity index is 259. The zero-order valence-corrected chi connectivity index (χ0v) is 12.1. The van der Waals surface area contributed by atoms with E-state index in [2.05, 4.69) is 6.58 Å². The Labute approximate surface area is 121 Å². The molecule has 0 aromatic heterocycles. The van der Waals surface area contributed by atoms with Gasteiger partial charge in [0.05, 0.1) is 13.2 Å². The molecule has 1 fully saturated rings. The van der Waals surface area contributed by atoms with Gasteiger partial charge in [0, 0.05) is 6.61 Å². The summed E-state index contributed by atoms with van der Waals surface area (Å²) in [6.45, 7) is 4.11. The van der Waals surface area contributed by atoms with Gasteiger partial charge in [-0.3, -0.25) is 0 Å². The first kappa shape index (κ1) is 17.6. The summed E-state index contributed by atoms with van der Waals surface area (Å²) in [5.74, 6) is 0. The number of hydrogen-bond donors (Lipinski definition) is 3. The van der Waals surface area contributed by atoms with Crippen LogP contribution in [0, 0.1) is 0 Å². The second-order valence-corrected chi connectivity index (χ2v) is 5.29. The van der Waals surface area contributed by atoms with Crippen LogP contribution in [0.5, 0.6) is 0 Å². The van der Waals surface area contributed by atoms with E-state index in [1.807, 2.05) is 6.08 Å². The minimum atomic E-state index is -0.981. The maximum Gasteiger partial charge on any atom is 0.114 e. The number of aliphatic hydroxyl groups is 3. The highest BCUT2D eigenvalue weighted by Gasteiger charge is 2.40. The Kier molecular flexibility index (Phi) is 9.05. The number of aliphatic hydroxyl groups excluding tert-OH is 3. The van der Waals surface area contributed by atoms with Gasteiger partial charge in [0.15, 0.2) is 0 Å². The predicted octanol–water partition coefficient (Wildman–Crippen LogP) is 1.01. The average molecular weight is 288 g/mol. The monoisotopic (exact) mass is 288 g/mol. The predicted molar refractivity (Wildman–Crippen MR) is 76.5 cm³/mol. The molecule has 20 heavy (non-hydrogen) atoms. The summed E-state index contributed by atoms with van der Waals surface area (Å²) < 4.78 is 10.8. The number of rotatable bonds is 11. The van der Waals surface area contributed by atoms with Crippen LogP contribution < -0.4 is 0 Å². The molecule has 1 rings (SSSR count). The summed E-state index contributed by atoms with van der Waals surface area (Å²) in [5, 5.41) is 28.4. The van der Waals surface area contributed by atoms with E-state index in [0.29, 0.717) is 6.61 Å². The molecular weight excluding hydrogens is 260 g/mol. The second kappa shape index (κ2) is 10.3.